The summed E-state index contributed by atoms with van der Waals surface area (Å²) in [6.07, 6.45) is 2.59. The van der Waals surface area contributed by atoms with Gasteiger partial charge in [-0.25, -0.2) is 17.8 Å². The van der Waals surface area contributed by atoms with Crippen LogP contribution in [0.15, 0.2) is 46.8 Å². The highest BCUT2D eigenvalue weighted by Crippen LogP contribution is 2.33. The van der Waals surface area contributed by atoms with Crippen LogP contribution in [0.1, 0.15) is 5.69 Å². The first-order valence-electron chi connectivity index (χ1n) is 6.74. The van der Waals surface area contributed by atoms with E-state index in [9.17, 15) is 12.8 Å². The van der Waals surface area contributed by atoms with E-state index in [1.165, 1.54) is 23.5 Å². The standard InChI is InChI=1S/C16H13FN2O2S2/c1-10-9-22-16(19-10)12-4-3-7-18-15(12)11-5-6-14(13(17)8-11)23(2,20)21/h3-9H,1-2H3. The van der Waals surface area contributed by atoms with Gasteiger partial charge in [0.2, 0.25) is 0 Å². The van der Waals surface area contributed by atoms with Gasteiger partial charge in [0.15, 0.2) is 9.84 Å². The molecule has 1 aromatic carbocycles. The summed E-state index contributed by atoms with van der Waals surface area (Å²) in [6.45, 7) is 1.90. The number of aryl methyl sites for hydroxylation is 1. The van der Waals surface area contributed by atoms with Crippen molar-refractivity contribution < 1.29 is 12.8 Å². The van der Waals surface area contributed by atoms with Gasteiger partial charge in [-0.1, -0.05) is 6.07 Å². The van der Waals surface area contributed by atoms with Gasteiger partial charge in [0.05, 0.1) is 5.69 Å². The fraction of sp³-hybridized carbons (Fsp3) is 0.125. The lowest BCUT2D eigenvalue weighted by atomic mass is 10.1. The quantitative estimate of drug-likeness (QED) is 0.724. The number of thiazole rings is 1. The van der Waals surface area contributed by atoms with E-state index in [2.05, 4.69) is 9.97 Å². The van der Waals surface area contributed by atoms with Crippen molar-refractivity contribution in [3.8, 4) is 21.8 Å². The van der Waals surface area contributed by atoms with Gasteiger partial charge in [-0.3, -0.25) is 4.98 Å². The predicted octanol–water partition coefficient (Wildman–Crippen LogP) is 3.72. The van der Waals surface area contributed by atoms with Crippen LogP contribution in [-0.4, -0.2) is 24.6 Å². The van der Waals surface area contributed by atoms with E-state index in [-0.39, 0.29) is 4.90 Å². The molecule has 0 unspecified atom stereocenters. The smallest absolute Gasteiger partial charge is 0.178 e. The second-order valence-corrected chi connectivity index (χ2v) is 7.95. The normalized spacial score (nSPS) is 11.6. The Bertz CT molecular complexity index is 981. The first kappa shape index (κ1) is 15.8. The Hall–Kier alpha value is -2.12. The third kappa shape index (κ3) is 3.16. The van der Waals surface area contributed by atoms with Crippen LogP contribution in [0.2, 0.25) is 0 Å². The molecule has 0 aliphatic carbocycles. The summed E-state index contributed by atoms with van der Waals surface area (Å²) in [4.78, 5) is 8.44. The van der Waals surface area contributed by atoms with E-state index in [0.29, 0.717) is 11.3 Å². The van der Waals surface area contributed by atoms with Gasteiger partial charge in [0.25, 0.3) is 0 Å². The highest BCUT2D eigenvalue weighted by molar-refractivity contribution is 7.90. The molecule has 2 aromatic heterocycles. The summed E-state index contributed by atoms with van der Waals surface area (Å²) in [5.41, 5.74) is 2.77. The molecule has 0 bridgehead atoms. The van der Waals surface area contributed by atoms with E-state index < -0.39 is 15.7 Å². The zero-order valence-electron chi connectivity index (χ0n) is 12.4. The molecule has 0 N–H and O–H groups in total. The summed E-state index contributed by atoms with van der Waals surface area (Å²) in [7, 11) is -3.60. The Morgan fingerprint density at radius 1 is 1.22 bits per heavy atom. The fourth-order valence-electron chi connectivity index (χ4n) is 2.23. The topological polar surface area (TPSA) is 59.9 Å². The summed E-state index contributed by atoms with van der Waals surface area (Å²) in [6, 6.07) is 7.68. The van der Waals surface area contributed by atoms with Gasteiger partial charge in [-0.05, 0) is 31.2 Å². The minimum atomic E-state index is -3.60. The van der Waals surface area contributed by atoms with E-state index in [0.717, 1.165) is 22.5 Å². The zero-order valence-corrected chi connectivity index (χ0v) is 14.1. The average Bonchev–Trinajstić information content (AvgIpc) is 2.92. The number of rotatable bonds is 3. The van der Waals surface area contributed by atoms with Crippen molar-refractivity contribution in [3.63, 3.8) is 0 Å². The van der Waals surface area contributed by atoms with Gasteiger partial charge in [-0.2, -0.15) is 0 Å². The van der Waals surface area contributed by atoms with Crippen LogP contribution in [0.25, 0.3) is 21.8 Å². The molecule has 7 heteroatoms. The van der Waals surface area contributed by atoms with Crippen LogP contribution in [0.3, 0.4) is 0 Å². The van der Waals surface area contributed by atoms with Crippen molar-refractivity contribution in [3.05, 3.63) is 53.4 Å². The maximum Gasteiger partial charge on any atom is 0.178 e. The van der Waals surface area contributed by atoms with Crippen LogP contribution in [0.4, 0.5) is 4.39 Å². The van der Waals surface area contributed by atoms with Crippen molar-refractivity contribution in [2.75, 3.05) is 6.26 Å². The molecule has 0 aliphatic heterocycles. The maximum absolute atomic E-state index is 14.2. The second kappa shape index (κ2) is 5.82. The number of pyridine rings is 1. The molecule has 0 saturated carbocycles. The summed E-state index contributed by atoms with van der Waals surface area (Å²) < 4.78 is 37.2. The average molecular weight is 348 g/mol. The van der Waals surface area contributed by atoms with Crippen LogP contribution >= 0.6 is 11.3 Å². The first-order valence-corrected chi connectivity index (χ1v) is 9.51. The Labute approximate surface area is 137 Å². The molecule has 2 heterocycles. The van der Waals surface area contributed by atoms with Crippen LogP contribution in [0.5, 0.6) is 0 Å². The number of aromatic nitrogens is 2. The zero-order chi connectivity index (χ0) is 16.6. The van der Waals surface area contributed by atoms with E-state index in [1.807, 2.05) is 18.4 Å². The molecule has 0 atom stereocenters. The molecule has 0 radical (unpaired) electrons. The lowest BCUT2D eigenvalue weighted by Crippen LogP contribution is -2.01. The molecule has 0 amide bonds. The lowest BCUT2D eigenvalue weighted by Gasteiger charge is -2.08. The third-order valence-electron chi connectivity index (χ3n) is 3.26. The van der Waals surface area contributed by atoms with Gasteiger partial charge in [-0.15, -0.1) is 11.3 Å². The summed E-state index contributed by atoms with van der Waals surface area (Å²) >= 11 is 1.48. The van der Waals surface area contributed by atoms with Crippen molar-refractivity contribution >= 4 is 21.2 Å². The number of hydrogen-bond acceptors (Lipinski definition) is 5. The third-order valence-corrected chi connectivity index (χ3v) is 5.39. The maximum atomic E-state index is 14.2. The van der Waals surface area contributed by atoms with E-state index >= 15 is 0 Å². The minimum absolute atomic E-state index is 0.316. The highest BCUT2D eigenvalue weighted by atomic mass is 32.2. The number of sulfone groups is 1. The summed E-state index contributed by atoms with van der Waals surface area (Å²) in [5, 5.41) is 2.72. The van der Waals surface area contributed by atoms with Crippen molar-refractivity contribution in [2.45, 2.75) is 11.8 Å². The molecule has 118 valence electrons. The SMILES string of the molecule is Cc1csc(-c2cccnc2-c2ccc(S(C)(=O)=O)c(F)c2)n1. The van der Waals surface area contributed by atoms with Gasteiger partial charge in [0.1, 0.15) is 15.7 Å². The predicted molar refractivity (Wildman–Crippen MR) is 88.6 cm³/mol. The Morgan fingerprint density at radius 3 is 2.61 bits per heavy atom. The van der Waals surface area contributed by atoms with Crippen molar-refractivity contribution in [2.24, 2.45) is 0 Å². The van der Waals surface area contributed by atoms with Crippen LogP contribution in [0, 0.1) is 12.7 Å². The van der Waals surface area contributed by atoms with Crippen molar-refractivity contribution in [1.29, 1.82) is 0 Å². The van der Waals surface area contributed by atoms with Gasteiger partial charge in [0, 0.05) is 34.7 Å². The van der Waals surface area contributed by atoms with Gasteiger partial charge < -0.3 is 0 Å². The molecule has 3 rings (SSSR count). The number of nitrogens with zero attached hydrogens (tertiary/aromatic N) is 2. The fourth-order valence-corrected chi connectivity index (χ4v) is 3.79. The molecule has 0 saturated heterocycles. The van der Waals surface area contributed by atoms with Crippen LogP contribution < -0.4 is 0 Å². The lowest BCUT2D eigenvalue weighted by molar-refractivity contribution is 0.571. The molecule has 0 fully saturated rings. The second-order valence-electron chi connectivity index (χ2n) is 5.11. The monoisotopic (exact) mass is 348 g/mol. The number of hydrogen-bond donors (Lipinski definition) is 0. The van der Waals surface area contributed by atoms with Crippen LogP contribution in [-0.2, 0) is 9.84 Å². The van der Waals surface area contributed by atoms with Crippen molar-refractivity contribution in [1.82, 2.24) is 9.97 Å². The Balaban J connectivity index is 2.15. The summed E-state index contributed by atoms with van der Waals surface area (Å²) in [5.74, 6) is -0.781. The molecule has 0 aliphatic rings. The number of halogens is 1. The molecular weight excluding hydrogens is 335 g/mol. The molecular formula is C16H13FN2O2S2. The largest absolute Gasteiger partial charge is 0.256 e. The molecule has 0 spiro atoms. The first-order chi connectivity index (χ1) is 10.9. The number of benzene rings is 1. The molecule has 3 aromatic rings. The molecule has 4 nitrogen and oxygen atoms in total. The van der Waals surface area contributed by atoms with E-state index in [4.69, 9.17) is 0 Å². The minimum Gasteiger partial charge on any atom is -0.256 e. The van der Waals surface area contributed by atoms with Gasteiger partial charge >= 0.3 is 0 Å². The van der Waals surface area contributed by atoms with E-state index in [1.54, 1.807) is 18.3 Å². The Kier molecular flexibility index (Phi) is 3.99. The Morgan fingerprint density at radius 2 is 2.00 bits per heavy atom. The molecule has 23 heavy (non-hydrogen) atoms. The highest BCUT2D eigenvalue weighted by Gasteiger charge is 2.17.